The van der Waals surface area contributed by atoms with Crippen LogP contribution in [0.15, 0.2) is 121 Å². The number of hydrogen-bond donors (Lipinski definition) is 2. The third kappa shape index (κ3) is 6.28. The number of nitrogens with two attached hydrogens (primary N) is 2. The Balaban J connectivity index is 1.40. The van der Waals surface area contributed by atoms with Crippen molar-refractivity contribution in [2.75, 3.05) is 0 Å². The molecule has 0 aromatic heterocycles. The van der Waals surface area contributed by atoms with Crippen molar-refractivity contribution in [1.82, 2.24) is 0 Å². The van der Waals surface area contributed by atoms with Gasteiger partial charge in [0, 0.05) is 0 Å². The number of nitrogens with zero attached hydrogens (tertiary/aromatic N) is 6. The first-order chi connectivity index (χ1) is 17.6. The Bertz CT molecular complexity index is 1360. The maximum absolute atomic E-state index is 6.26. The minimum Gasteiger partial charge on any atom is -0.322 e. The quantitative estimate of drug-likeness (QED) is 0.398. The van der Waals surface area contributed by atoms with Gasteiger partial charge >= 0.3 is 0 Å². The predicted octanol–water partition coefficient (Wildman–Crippen LogP) is 7.78. The van der Waals surface area contributed by atoms with E-state index in [4.69, 9.17) is 11.5 Å². The summed E-state index contributed by atoms with van der Waals surface area (Å²) in [5.74, 6) is 0. The molecule has 2 aromatic carbocycles. The SMILES string of the molecule is CC1=CC(N)C(C)(N=Nc2ccc(N=Nc3ccc(N=NC4(C)C=CC(C)=CC4N)cc3C)cc2)C=C1. The van der Waals surface area contributed by atoms with Gasteiger partial charge in [-0.15, -0.1) is 0 Å². The molecular weight excluding hydrogens is 460 g/mol. The number of rotatable bonds is 6. The maximum Gasteiger partial charge on any atom is 0.116 e. The van der Waals surface area contributed by atoms with E-state index < -0.39 is 11.1 Å². The average Bonchev–Trinajstić information content (AvgIpc) is 2.87. The van der Waals surface area contributed by atoms with Crippen LogP contribution in [-0.4, -0.2) is 23.2 Å². The average molecular weight is 495 g/mol. The molecule has 0 saturated heterocycles. The molecule has 4 rings (SSSR count). The topological polar surface area (TPSA) is 126 Å². The van der Waals surface area contributed by atoms with Crippen LogP contribution in [-0.2, 0) is 0 Å². The summed E-state index contributed by atoms with van der Waals surface area (Å²) in [7, 11) is 0. The van der Waals surface area contributed by atoms with Gasteiger partial charge in [0.05, 0.1) is 34.8 Å². The Kier molecular flexibility index (Phi) is 7.52. The van der Waals surface area contributed by atoms with E-state index in [-0.39, 0.29) is 12.1 Å². The van der Waals surface area contributed by atoms with Crippen molar-refractivity contribution < 1.29 is 0 Å². The lowest BCUT2D eigenvalue weighted by molar-refractivity contribution is 0.493. The predicted molar refractivity (Wildman–Crippen MR) is 149 cm³/mol. The molecule has 2 aromatic rings. The van der Waals surface area contributed by atoms with Crippen molar-refractivity contribution >= 4 is 22.7 Å². The van der Waals surface area contributed by atoms with E-state index in [2.05, 4.69) is 30.7 Å². The molecule has 0 fully saturated rings. The Labute approximate surface area is 218 Å². The summed E-state index contributed by atoms with van der Waals surface area (Å²) < 4.78 is 0. The van der Waals surface area contributed by atoms with Gasteiger partial charge in [0.2, 0.25) is 0 Å². The Morgan fingerprint density at radius 2 is 1.08 bits per heavy atom. The van der Waals surface area contributed by atoms with Crippen LogP contribution in [0.2, 0.25) is 0 Å². The molecule has 4 N–H and O–H groups in total. The molecule has 0 aliphatic heterocycles. The van der Waals surface area contributed by atoms with Crippen LogP contribution in [0.1, 0.15) is 33.3 Å². The fourth-order valence-corrected chi connectivity index (χ4v) is 3.88. The molecule has 0 amide bonds. The van der Waals surface area contributed by atoms with Gasteiger partial charge in [-0.05, 0) is 82.6 Å². The van der Waals surface area contributed by atoms with Gasteiger partial charge in [0.25, 0.3) is 0 Å². The molecule has 4 atom stereocenters. The van der Waals surface area contributed by atoms with Gasteiger partial charge in [-0.2, -0.15) is 30.7 Å². The van der Waals surface area contributed by atoms with E-state index >= 15 is 0 Å². The van der Waals surface area contributed by atoms with E-state index in [0.717, 1.165) is 39.5 Å². The first-order valence-electron chi connectivity index (χ1n) is 12.3. The summed E-state index contributed by atoms with van der Waals surface area (Å²) >= 11 is 0. The number of aryl methyl sites for hydroxylation is 1. The molecule has 4 unspecified atom stereocenters. The lowest BCUT2D eigenvalue weighted by Gasteiger charge is -2.28. The fourth-order valence-electron chi connectivity index (χ4n) is 3.88. The molecule has 0 radical (unpaired) electrons. The number of benzene rings is 2. The Hall–Kier alpha value is -3.88. The second-order valence-corrected chi connectivity index (χ2v) is 10.1. The normalized spacial score (nSPS) is 27.9. The van der Waals surface area contributed by atoms with E-state index in [1.54, 1.807) is 0 Å². The van der Waals surface area contributed by atoms with Crippen LogP contribution in [0.25, 0.3) is 0 Å². The van der Waals surface area contributed by atoms with Crippen LogP contribution >= 0.6 is 0 Å². The van der Waals surface area contributed by atoms with Gasteiger partial charge in [-0.25, -0.2) is 0 Å². The zero-order valence-corrected chi connectivity index (χ0v) is 22.0. The first-order valence-corrected chi connectivity index (χ1v) is 12.3. The highest BCUT2D eigenvalue weighted by Crippen LogP contribution is 2.30. The third-order valence-corrected chi connectivity index (χ3v) is 6.67. The van der Waals surface area contributed by atoms with Gasteiger partial charge in [0.15, 0.2) is 0 Å². The van der Waals surface area contributed by atoms with Gasteiger partial charge in [-0.3, -0.25) is 0 Å². The molecule has 2 aliphatic carbocycles. The number of allylic oxidation sites excluding steroid dienone is 4. The molecule has 0 spiro atoms. The van der Waals surface area contributed by atoms with Crippen molar-refractivity contribution in [2.45, 2.75) is 57.8 Å². The monoisotopic (exact) mass is 494 g/mol. The largest absolute Gasteiger partial charge is 0.322 e. The first kappa shape index (κ1) is 26.2. The Morgan fingerprint density at radius 1 is 0.622 bits per heavy atom. The van der Waals surface area contributed by atoms with Crippen molar-refractivity contribution in [3.63, 3.8) is 0 Å². The van der Waals surface area contributed by atoms with Crippen LogP contribution in [0.5, 0.6) is 0 Å². The second-order valence-electron chi connectivity index (χ2n) is 10.1. The minimum atomic E-state index is -0.565. The molecule has 8 heteroatoms. The van der Waals surface area contributed by atoms with Crippen LogP contribution in [0, 0.1) is 6.92 Å². The summed E-state index contributed by atoms with van der Waals surface area (Å²) in [5, 5.41) is 26.6. The molecule has 37 heavy (non-hydrogen) atoms. The summed E-state index contributed by atoms with van der Waals surface area (Å²) in [6.45, 7) is 9.96. The zero-order chi connectivity index (χ0) is 26.6. The zero-order valence-electron chi connectivity index (χ0n) is 22.0. The van der Waals surface area contributed by atoms with Gasteiger partial charge in [-0.1, -0.05) is 47.6 Å². The van der Waals surface area contributed by atoms with E-state index in [9.17, 15) is 0 Å². The standard InChI is InChI=1S/C29H34N8/c1-19-12-14-28(4,26(30)16-19)36-33-23-8-6-22(7-9-23)32-35-25-11-10-24(18-21(25)3)34-37-29(5)15-13-20(2)17-27(29)31/h6-18,26-27H,30-31H2,1-5H3. The van der Waals surface area contributed by atoms with Crippen molar-refractivity contribution in [2.24, 2.45) is 42.2 Å². The second kappa shape index (κ2) is 10.6. The van der Waals surface area contributed by atoms with Crippen LogP contribution in [0.3, 0.4) is 0 Å². The molecule has 0 bridgehead atoms. The van der Waals surface area contributed by atoms with E-state index in [1.807, 2.05) is 114 Å². The molecule has 8 nitrogen and oxygen atoms in total. The highest BCUT2D eigenvalue weighted by atomic mass is 15.2. The summed E-state index contributed by atoms with van der Waals surface area (Å²) in [4.78, 5) is 0. The third-order valence-electron chi connectivity index (χ3n) is 6.67. The lowest BCUT2D eigenvalue weighted by Crippen LogP contribution is -2.42. The summed E-state index contributed by atoms with van der Waals surface area (Å²) in [6, 6.07) is 12.7. The molecular formula is C29H34N8. The summed E-state index contributed by atoms with van der Waals surface area (Å²) in [5.41, 5.74) is 17.5. The highest BCUT2D eigenvalue weighted by molar-refractivity contribution is 5.54. The summed E-state index contributed by atoms with van der Waals surface area (Å²) in [6.07, 6.45) is 12.0. The number of hydrogen-bond acceptors (Lipinski definition) is 8. The van der Waals surface area contributed by atoms with E-state index in [1.165, 1.54) is 0 Å². The maximum atomic E-state index is 6.26. The minimum absolute atomic E-state index is 0.211. The van der Waals surface area contributed by atoms with Gasteiger partial charge < -0.3 is 11.5 Å². The van der Waals surface area contributed by atoms with Crippen molar-refractivity contribution in [3.05, 3.63) is 95.6 Å². The van der Waals surface area contributed by atoms with Crippen molar-refractivity contribution in [1.29, 1.82) is 0 Å². The van der Waals surface area contributed by atoms with Crippen LogP contribution < -0.4 is 11.5 Å². The van der Waals surface area contributed by atoms with Gasteiger partial charge in [0.1, 0.15) is 11.1 Å². The smallest absolute Gasteiger partial charge is 0.116 e. The molecule has 0 heterocycles. The van der Waals surface area contributed by atoms with Crippen LogP contribution in [0.4, 0.5) is 22.7 Å². The Morgan fingerprint density at radius 3 is 1.57 bits per heavy atom. The number of azo groups is 3. The fraction of sp³-hybridized carbons (Fsp3) is 0.310. The highest BCUT2D eigenvalue weighted by Gasteiger charge is 2.30. The van der Waals surface area contributed by atoms with E-state index in [0.29, 0.717) is 0 Å². The lowest BCUT2D eigenvalue weighted by atomic mass is 9.87. The molecule has 190 valence electrons. The molecule has 2 aliphatic rings. The van der Waals surface area contributed by atoms with Crippen molar-refractivity contribution in [3.8, 4) is 0 Å². The molecule has 0 saturated carbocycles.